The van der Waals surface area contributed by atoms with Crippen LogP contribution in [0.3, 0.4) is 0 Å². The van der Waals surface area contributed by atoms with Crippen LogP contribution in [-0.4, -0.2) is 14.8 Å². The lowest BCUT2D eigenvalue weighted by molar-refractivity contribution is 0.843. The molecule has 19 heavy (non-hydrogen) atoms. The van der Waals surface area contributed by atoms with Crippen LogP contribution in [0, 0.1) is 0 Å². The molecule has 94 valence electrons. The van der Waals surface area contributed by atoms with Gasteiger partial charge < -0.3 is 5.32 Å². The van der Waals surface area contributed by atoms with Crippen molar-refractivity contribution in [3.63, 3.8) is 0 Å². The smallest absolute Gasteiger partial charge is 0.126 e. The number of pyridine rings is 1. The zero-order valence-electron chi connectivity index (χ0n) is 10.4. The van der Waals surface area contributed by atoms with Crippen LogP contribution in [0.15, 0.2) is 67.0 Å². The predicted octanol–water partition coefficient (Wildman–Crippen LogP) is 2.88. The SMILES string of the molecule is c1ccc(-n2ccc(CNc3ccccn3)n2)cc1. The lowest BCUT2D eigenvalue weighted by Crippen LogP contribution is -2.02. The Morgan fingerprint density at radius 3 is 2.58 bits per heavy atom. The molecule has 0 aliphatic carbocycles. The molecule has 0 aliphatic heterocycles. The Bertz CT molecular complexity index is 632. The first-order valence-electron chi connectivity index (χ1n) is 6.17. The maximum atomic E-state index is 4.52. The van der Waals surface area contributed by atoms with Crippen LogP contribution in [0.4, 0.5) is 5.82 Å². The number of anilines is 1. The summed E-state index contributed by atoms with van der Waals surface area (Å²) in [4.78, 5) is 4.21. The Kier molecular flexibility index (Phi) is 3.23. The minimum Gasteiger partial charge on any atom is -0.364 e. The van der Waals surface area contributed by atoms with Crippen LogP contribution in [-0.2, 0) is 6.54 Å². The number of benzene rings is 1. The van der Waals surface area contributed by atoms with Crippen LogP contribution in [0.5, 0.6) is 0 Å². The van der Waals surface area contributed by atoms with Gasteiger partial charge in [-0.15, -0.1) is 0 Å². The van der Waals surface area contributed by atoms with E-state index in [-0.39, 0.29) is 0 Å². The van der Waals surface area contributed by atoms with Crippen molar-refractivity contribution in [2.45, 2.75) is 6.54 Å². The van der Waals surface area contributed by atoms with Gasteiger partial charge in [0.25, 0.3) is 0 Å². The third kappa shape index (κ3) is 2.80. The van der Waals surface area contributed by atoms with Crippen molar-refractivity contribution >= 4 is 5.82 Å². The molecular formula is C15H14N4. The second kappa shape index (κ2) is 5.35. The van der Waals surface area contributed by atoms with Gasteiger partial charge in [0, 0.05) is 12.4 Å². The van der Waals surface area contributed by atoms with E-state index in [1.54, 1.807) is 6.20 Å². The lowest BCUT2D eigenvalue weighted by Gasteiger charge is -2.03. The van der Waals surface area contributed by atoms with Gasteiger partial charge in [0.05, 0.1) is 17.9 Å². The molecule has 0 aliphatic rings. The molecule has 0 amide bonds. The first-order valence-corrected chi connectivity index (χ1v) is 6.17. The van der Waals surface area contributed by atoms with Crippen LogP contribution >= 0.6 is 0 Å². The number of aromatic nitrogens is 3. The average molecular weight is 250 g/mol. The fourth-order valence-electron chi connectivity index (χ4n) is 1.83. The van der Waals surface area contributed by atoms with Gasteiger partial charge in [0.2, 0.25) is 0 Å². The molecular weight excluding hydrogens is 236 g/mol. The first-order chi connectivity index (χ1) is 9.42. The summed E-state index contributed by atoms with van der Waals surface area (Å²) in [6.45, 7) is 0.664. The highest BCUT2D eigenvalue weighted by molar-refractivity contribution is 5.34. The second-order valence-corrected chi connectivity index (χ2v) is 4.16. The monoisotopic (exact) mass is 250 g/mol. The van der Waals surface area contributed by atoms with Crippen molar-refractivity contribution in [3.05, 3.63) is 72.7 Å². The van der Waals surface area contributed by atoms with Crippen molar-refractivity contribution in [3.8, 4) is 5.69 Å². The molecule has 3 aromatic rings. The topological polar surface area (TPSA) is 42.7 Å². The molecule has 0 saturated heterocycles. The van der Waals surface area contributed by atoms with E-state index in [1.807, 2.05) is 65.5 Å². The van der Waals surface area contributed by atoms with E-state index in [4.69, 9.17) is 0 Å². The van der Waals surface area contributed by atoms with Crippen LogP contribution in [0.1, 0.15) is 5.69 Å². The predicted molar refractivity (Wildman–Crippen MR) is 75.1 cm³/mol. The molecule has 1 aromatic carbocycles. The number of hydrogen-bond acceptors (Lipinski definition) is 3. The molecule has 0 fully saturated rings. The van der Waals surface area contributed by atoms with Gasteiger partial charge in [-0.05, 0) is 30.3 Å². The molecule has 4 nitrogen and oxygen atoms in total. The minimum atomic E-state index is 0.664. The highest BCUT2D eigenvalue weighted by atomic mass is 15.3. The summed E-state index contributed by atoms with van der Waals surface area (Å²) >= 11 is 0. The Balaban J connectivity index is 1.69. The molecule has 2 aromatic heterocycles. The van der Waals surface area contributed by atoms with E-state index in [2.05, 4.69) is 15.4 Å². The van der Waals surface area contributed by atoms with Crippen molar-refractivity contribution in [1.82, 2.24) is 14.8 Å². The van der Waals surface area contributed by atoms with E-state index >= 15 is 0 Å². The average Bonchev–Trinajstić information content (AvgIpc) is 2.96. The van der Waals surface area contributed by atoms with Crippen LogP contribution < -0.4 is 5.32 Å². The molecule has 1 N–H and O–H groups in total. The maximum absolute atomic E-state index is 4.52. The summed E-state index contributed by atoms with van der Waals surface area (Å²) in [5.74, 6) is 0.858. The zero-order valence-corrected chi connectivity index (χ0v) is 10.4. The fraction of sp³-hybridized carbons (Fsp3) is 0.0667. The van der Waals surface area contributed by atoms with Crippen molar-refractivity contribution in [2.75, 3.05) is 5.32 Å². The van der Waals surface area contributed by atoms with Crippen LogP contribution in [0.25, 0.3) is 5.69 Å². The Labute approximate surface area is 111 Å². The third-order valence-corrected chi connectivity index (χ3v) is 2.78. The van der Waals surface area contributed by atoms with E-state index in [0.29, 0.717) is 6.54 Å². The quantitative estimate of drug-likeness (QED) is 0.774. The highest BCUT2D eigenvalue weighted by Crippen LogP contribution is 2.08. The second-order valence-electron chi connectivity index (χ2n) is 4.16. The number of nitrogens with one attached hydrogen (secondary N) is 1. The summed E-state index contributed by atoms with van der Waals surface area (Å²) in [7, 11) is 0. The number of para-hydroxylation sites is 1. The van der Waals surface area contributed by atoms with Gasteiger partial charge in [0.1, 0.15) is 5.82 Å². The number of nitrogens with zero attached hydrogens (tertiary/aromatic N) is 3. The van der Waals surface area contributed by atoms with E-state index in [9.17, 15) is 0 Å². The van der Waals surface area contributed by atoms with Crippen molar-refractivity contribution in [2.24, 2.45) is 0 Å². The summed E-state index contributed by atoms with van der Waals surface area (Å²) in [5, 5.41) is 7.76. The maximum Gasteiger partial charge on any atom is 0.126 e. The van der Waals surface area contributed by atoms with Gasteiger partial charge in [-0.1, -0.05) is 24.3 Å². The van der Waals surface area contributed by atoms with Gasteiger partial charge in [-0.2, -0.15) is 5.10 Å². The van der Waals surface area contributed by atoms with Gasteiger partial charge in [-0.3, -0.25) is 0 Å². The summed E-state index contributed by atoms with van der Waals surface area (Å²) in [6, 6.07) is 17.9. The molecule has 4 heteroatoms. The van der Waals surface area contributed by atoms with Crippen LogP contribution in [0.2, 0.25) is 0 Å². The Morgan fingerprint density at radius 2 is 1.79 bits per heavy atom. The lowest BCUT2D eigenvalue weighted by atomic mass is 10.3. The molecule has 0 unspecified atom stereocenters. The van der Waals surface area contributed by atoms with Crippen molar-refractivity contribution in [1.29, 1.82) is 0 Å². The molecule has 2 heterocycles. The summed E-state index contributed by atoms with van der Waals surface area (Å²) in [5.41, 5.74) is 2.04. The van der Waals surface area contributed by atoms with E-state index in [0.717, 1.165) is 17.2 Å². The number of hydrogen-bond donors (Lipinski definition) is 1. The molecule has 0 bridgehead atoms. The number of rotatable bonds is 4. The Morgan fingerprint density at radius 1 is 0.947 bits per heavy atom. The van der Waals surface area contributed by atoms with E-state index < -0.39 is 0 Å². The zero-order chi connectivity index (χ0) is 12.9. The fourth-order valence-corrected chi connectivity index (χ4v) is 1.83. The molecule has 0 saturated carbocycles. The van der Waals surface area contributed by atoms with Gasteiger partial charge >= 0.3 is 0 Å². The third-order valence-electron chi connectivity index (χ3n) is 2.78. The normalized spacial score (nSPS) is 10.3. The summed E-state index contributed by atoms with van der Waals surface area (Å²) in [6.07, 6.45) is 3.73. The van der Waals surface area contributed by atoms with E-state index in [1.165, 1.54) is 0 Å². The highest BCUT2D eigenvalue weighted by Gasteiger charge is 2.00. The molecule has 0 radical (unpaired) electrons. The standard InChI is InChI=1S/C15H14N4/c1-2-6-14(7-3-1)19-11-9-13(18-19)12-17-15-8-4-5-10-16-15/h1-11H,12H2,(H,16,17). The van der Waals surface area contributed by atoms with Gasteiger partial charge in [0.15, 0.2) is 0 Å². The van der Waals surface area contributed by atoms with Crippen molar-refractivity contribution < 1.29 is 0 Å². The molecule has 0 atom stereocenters. The summed E-state index contributed by atoms with van der Waals surface area (Å²) < 4.78 is 1.87. The minimum absolute atomic E-state index is 0.664. The first kappa shape index (κ1) is 11.5. The Hall–Kier alpha value is -2.62. The molecule has 0 spiro atoms. The largest absolute Gasteiger partial charge is 0.364 e. The molecule has 3 rings (SSSR count). The van der Waals surface area contributed by atoms with Gasteiger partial charge in [-0.25, -0.2) is 9.67 Å².